The maximum absolute atomic E-state index is 9.73. The van der Waals surface area contributed by atoms with Crippen LogP contribution in [0.25, 0.3) is 0 Å². The van der Waals surface area contributed by atoms with Crippen molar-refractivity contribution in [3.05, 3.63) is 60.6 Å². The molecule has 1 N–H and O–H groups in total. The zero-order chi connectivity index (χ0) is 9.68. The second-order valence-electron chi connectivity index (χ2n) is 2.53. The fraction of sp³-hybridized carbons (Fsp3) is 0.0909. The van der Waals surface area contributed by atoms with Crippen LogP contribution in [0.3, 0.4) is 0 Å². The molecule has 0 saturated heterocycles. The molecule has 0 fully saturated rings. The number of aliphatic hydroxyl groups excluding tert-OH is 1. The highest BCUT2D eigenvalue weighted by Gasteiger charge is 2.09. The summed E-state index contributed by atoms with van der Waals surface area (Å²) in [5.41, 5.74) is 3.90. The Morgan fingerprint density at radius 3 is 2.92 bits per heavy atom. The monoisotopic (exact) mass is 173 g/mol. The quantitative estimate of drug-likeness (QED) is 0.560. The van der Waals surface area contributed by atoms with Crippen LogP contribution in [-0.4, -0.2) is 10.1 Å². The fourth-order valence-electron chi connectivity index (χ4n) is 0.998. The van der Waals surface area contributed by atoms with Gasteiger partial charge in [0.2, 0.25) is 0 Å². The molecule has 0 radical (unpaired) electrons. The molecule has 1 aromatic rings. The van der Waals surface area contributed by atoms with E-state index in [9.17, 15) is 5.11 Å². The summed E-state index contributed by atoms with van der Waals surface area (Å²) in [5, 5.41) is 9.73. The third-order valence-electron chi connectivity index (χ3n) is 1.72. The Morgan fingerprint density at radius 2 is 2.46 bits per heavy atom. The topological polar surface area (TPSA) is 33.1 Å². The highest BCUT2D eigenvalue weighted by Crippen LogP contribution is 2.19. The molecule has 0 saturated carbocycles. The van der Waals surface area contributed by atoms with E-state index in [0.717, 1.165) is 0 Å². The smallest absolute Gasteiger partial charge is 0.113 e. The van der Waals surface area contributed by atoms with Crippen LogP contribution >= 0.6 is 0 Å². The number of pyridine rings is 1. The zero-order valence-corrected chi connectivity index (χ0v) is 7.27. The summed E-state index contributed by atoms with van der Waals surface area (Å²) >= 11 is 0. The summed E-state index contributed by atoms with van der Waals surface area (Å²) < 4.78 is 0. The van der Waals surface area contributed by atoms with Crippen molar-refractivity contribution < 1.29 is 5.11 Å². The molecule has 1 heterocycles. The van der Waals surface area contributed by atoms with E-state index in [2.05, 4.69) is 23.9 Å². The summed E-state index contributed by atoms with van der Waals surface area (Å²) in [7, 11) is 0. The van der Waals surface area contributed by atoms with Gasteiger partial charge in [0.25, 0.3) is 0 Å². The van der Waals surface area contributed by atoms with Crippen LogP contribution in [0.5, 0.6) is 0 Å². The zero-order valence-electron chi connectivity index (χ0n) is 7.27. The molecule has 1 atom stereocenters. The lowest BCUT2D eigenvalue weighted by atomic mass is 10.0. The summed E-state index contributed by atoms with van der Waals surface area (Å²) in [4.78, 5) is 3.90. The third kappa shape index (κ3) is 2.15. The number of rotatable bonds is 3. The Labute approximate surface area is 77.6 Å². The summed E-state index contributed by atoms with van der Waals surface area (Å²) in [6.45, 7) is 7.02. The molecule has 13 heavy (non-hydrogen) atoms. The Hall–Kier alpha value is -1.63. The van der Waals surface area contributed by atoms with E-state index in [4.69, 9.17) is 0 Å². The second kappa shape index (κ2) is 4.41. The third-order valence-corrected chi connectivity index (χ3v) is 1.72. The van der Waals surface area contributed by atoms with Crippen molar-refractivity contribution >= 4 is 0 Å². The van der Waals surface area contributed by atoms with Gasteiger partial charge in [-0.05, 0) is 6.07 Å². The van der Waals surface area contributed by atoms with Crippen LogP contribution < -0.4 is 0 Å². The van der Waals surface area contributed by atoms with E-state index in [0.29, 0.717) is 11.1 Å². The van der Waals surface area contributed by atoms with E-state index < -0.39 is 6.10 Å². The van der Waals surface area contributed by atoms with Crippen molar-refractivity contribution in [1.29, 1.82) is 0 Å². The van der Waals surface area contributed by atoms with Gasteiger partial charge >= 0.3 is 0 Å². The van der Waals surface area contributed by atoms with E-state index >= 15 is 0 Å². The van der Waals surface area contributed by atoms with Crippen molar-refractivity contribution in [2.24, 2.45) is 0 Å². The van der Waals surface area contributed by atoms with Gasteiger partial charge in [0, 0.05) is 23.5 Å². The van der Waals surface area contributed by atoms with Crippen molar-refractivity contribution in [2.75, 3.05) is 0 Å². The van der Waals surface area contributed by atoms with Crippen molar-refractivity contribution in [3.63, 3.8) is 0 Å². The molecule has 0 aliphatic carbocycles. The first-order valence-electron chi connectivity index (χ1n) is 3.90. The van der Waals surface area contributed by atoms with Gasteiger partial charge in [-0.1, -0.05) is 25.3 Å². The highest BCUT2D eigenvalue weighted by molar-refractivity contribution is 5.28. The molecule has 0 amide bonds. The van der Waals surface area contributed by atoms with E-state index in [1.54, 1.807) is 24.5 Å². The van der Waals surface area contributed by atoms with Gasteiger partial charge in [-0.25, -0.2) is 0 Å². The van der Waals surface area contributed by atoms with Crippen LogP contribution in [0.2, 0.25) is 0 Å². The van der Waals surface area contributed by atoms with Crippen molar-refractivity contribution in [2.45, 2.75) is 6.10 Å². The second-order valence-corrected chi connectivity index (χ2v) is 2.53. The molecular weight excluding hydrogens is 162 g/mol. The molecule has 2 nitrogen and oxygen atoms in total. The number of hydrogen-bond acceptors (Lipinski definition) is 2. The summed E-state index contributed by atoms with van der Waals surface area (Å²) in [5.74, 6) is 0. The highest BCUT2D eigenvalue weighted by atomic mass is 16.3. The number of aliphatic hydroxyl groups is 1. The predicted molar refractivity (Wildman–Crippen MR) is 52.0 cm³/mol. The Morgan fingerprint density at radius 1 is 1.69 bits per heavy atom. The number of aromatic nitrogens is 1. The molecule has 1 aromatic heterocycles. The van der Waals surface area contributed by atoms with Crippen molar-refractivity contribution in [1.82, 2.24) is 4.98 Å². The summed E-state index contributed by atoms with van der Waals surface area (Å²) in [6, 6.07) is 3.56. The van der Waals surface area contributed by atoms with Crippen LogP contribution in [0.1, 0.15) is 11.7 Å². The van der Waals surface area contributed by atoms with Crippen molar-refractivity contribution in [3.8, 4) is 0 Å². The molecule has 1 unspecified atom stereocenters. The average Bonchev–Trinajstić information content (AvgIpc) is 2.21. The fourth-order valence-corrected chi connectivity index (χ4v) is 0.998. The summed E-state index contributed by atoms with van der Waals surface area (Å²) in [6.07, 6.45) is 4.06. The SMILES string of the molecule is C=C=C(C=C)C(O)c1cccnc1. The molecule has 0 aromatic carbocycles. The lowest BCUT2D eigenvalue weighted by molar-refractivity contribution is 0.219. The average molecular weight is 173 g/mol. The molecular formula is C11H11NO. The Kier molecular flexibility index (Phi) is 3.21. The minimum absolute atomic E-state index is 0.563. The Balaban J connectivity index is 2.98. The van der Waals surface area contributed by atoms with Crippen LogP contribution in [-0.2, 0) is 0 Å². The molecule has 0 bridgehead atoms. The molecule has 1 rings (SSSR count). The molecule has 2 heteroatoms. The first kappa shape index (κ1) is 9.46. The van der Waals surface area contributed by atoms with Gasteiger partial charge in [-0.15, -0.1) is 5.73 Å². The number of hydrogen-bond donors (Lipinski definition) is 1. The van der Waals surface area contributed by atoms with E-state index in [1.807, 2.05) is 0 Å². The van der Waals surface area contributed by atoms with E-state index in [1.165, 1.54) is 6.08 Å². The van der Waals surface area contributed by atoms with Gasteiger partial charge in [0.05, 0.1) is 0 Å². The lowest BCUT2D eigenvalue weighted by Gasteiger charge is -2.08. The van der Waals surface area contributed by atoms with Crippen LogP contribution in [0, 0.1) is 0 Å². The molecule has 0 spiro atoms. The minimum Gasteiger partial charge on any atom is -0.383 e. The van der Waals surface area contributed by atoms with Gasteiger partial charge in [-0.3, -0.25) is 4.98 Å². The predicted octanol–water partition coefficient (Wildman–Crippen LogP) is 2.01. The van der Waals surface area contributed by atoms with E-state index in [-0.39, 0.29) is 0 Å². The first-order valence-corrected chi connectivity index (χ1v) is 3.90. The normalized spacial score (nSPS) is 11.5. The standard InChI is InChI=1S/C11H11NO/c1-3-9(4-2)11(13)10-6-5-7-12-8-10/h3,5-8,11,13H,1-2H2. The van der Waals surface area contributed by atoms with Gasteiger partial charge in [0.15, 0.2) is 0 Å². The van der Waals surface area contributed by atoms with Gasteiger partial charge in [0.1, 0.15) is 6.10 Å². The lowest BCUT2D eigenvalue weighted by Crippen LogP contribution is -1.98. The maximum atomic E-state index is 9.73. The molecule has 0 aliphatic rings. The van der Waals surface area contributed by atoms with Crippen LogP contribution in [0.15, 0.2) is 55.1 Å². The number of nitrogens with zero attached hydrogens (tertiary/aromatic N) is 1. The maximum Gasteiger partial charge on any atom is 0.113 e. The van der Waals surface area contributed by atoms with Gasteiger partial charge < -0.3 is 5.11 Å². The van der Waals surface area contributed by atoms with Crippen LogP contribution in [0.4, 0.5) is 0 Å². The molecule has 66 valence electrons. The largest absolute Gasteiger partial charge is 0.383 e. The van der Waals surface area contributed by atoms with Gasteiger partial charge in [-0.2, -0.15) is 0 Å². The molecule has 0 aliphatic heterocycles. The Bertz CT molecular complexity index is 336. The first-order chi connectivity index (χ1) is 6.29. The minimum atomic E-state index is -0.733.